The van der Waals surface area contributed by atoms with Crippen LogP contribution in [0.1, 0.15) is 25.7 Å². The van der Waals surface area contributed by atoms with Gasteiger partial charge in [-0.2, -0.15) is 0 Å². The summed E-state index contributed by atoms with van der Waals surface area (Å²) in [6.07, 6.45) is 4.00. The molecule has 0 aliphatic carbocycles. The van der Waals surface area contributed by atoms with Crippen molar-refractivity contribution in [2.45, 2.75) is 31.7 Å². The highest BCUT2D eigenvalue weighted by Crippen LogP contribution is 2.16. The third-order valence-electron chi connectivity index (χ3n) is 3.29. The molecule has 0 spiro atoms. The molecular formula is C12H24N4O2. The van der Waals surface area contributed by atoms with Crippen molar-refractivity contribution in [1.82, 2.24) is 20.9 Å². The summed E-state index contributed by atoms with van der Waals surface area (Å²) < 4.78 is 0. The smallest absolute Gasteiger partial charge is 0.321 e. The lowest BCUT2D eigenvalue weighted by atomic mass is 10.0. The molecule has 1 saturated heterocycles. The van der Waals surface area contributed by atoms with Crippen LogP contribution >= 0.6 is 0 Å². The van der Waals surface area contributed by atoms with Gasteiger partial charge in [0.25, 0.3) is 0 Å². The van der Waals surface area contributed by atoms with Crippen molar-refractivity contribution in [3.05, 3.63) is 0 Å². The second-order valence-electron chi connectivity index (χ2n) is 4.62. The second kappa shape index (κ2) is 8.05. The molecule has 1 fully saturated rings. The molecule has 0 aromatic rings. The highest BCUT2D eigenvalue weighted by molar-refractivity contribution is 5.94. The van der Waals surface area contributed by atoms with Crippen molar-refractivity contribution < 1.29 is 9.59 Å². The Labute approximate surface area is 108 Å². The van der Waals surface area contributed by atoms with Gasteiger partial charge in [-0.15, -0.1) is 0 Å². The van der Waals surface area contributed by atoms with Crippen LogP contribution in [-0.2, 0) is 4.79 Å². The lowest BCUT2D eigenvalue weighted by Gasteiger charge is -2.35. The Morgan fingerprint density at radius 1 is 1.28 bits per heavy atom. The van der Waals surface area contributed by atoms with E-state index in [-0.39, 0.29) is 5.91 Å². The molecule has 3 N–H and O–H groups in total. The average Bonchev–Trinajstić information content (AvgIpc) is 2.38. The predicted octanol–water partition coefficient (Wildman–Crippen LogP) is -0.0940. The van der Waals surface area contributed by atoms with Crippen molar-refractivity contribution >= 4 is 11.9 Å². The SMILES string of the molecule is CNCC1CCCCN1CCC(=O)NC(=O)NC. The zero-order chi connectivity index (χ0) is 13.4. The first kappa shape index (κ1) is 14.9. The van der Waals surface area contributed by atoms with E-state index in [4.69, 9.17) is 0 Å². The highest BCUT2D eigenvalue weighted by Gasteiger charge is 2.22. The second-order valence-corrected chi connectivity index (χ2v) is 4.62. The van der Waals surface area contributed by atoms with Gasteiger partial charge in [0.1, 0.15) is 0 Å². The van der Waals surface area contributed by atoms with Crippen molar-refractivity contribution in [1.29, 1.82) is 0 Å². The lowest BCUT2D eigenvalue weighted by molar-refractivity contribution is -0.120. The number of hydrogen-bond donors (Lipinski definition) is 3. The van der Waals surface area contributed by atoms with Gasteiger partial charge in [0.15, 0.2) is 0 Å². The summed E-state index contributed by atoms with van der Waals surface area (Å²) in [6, 6.07) is 0.0713. The minimum Gasteiger partial charge on any atom is -0.341 e. The maximum atomic E-state index is 11.5. The number of nitrogens with one attached hydrogen (secondary N) is 3. The third-order valence-corrected chi connectivity index (χ3v) is 3.29. The molecule has 18 heavy (non-hydrogen) atoms. The summed E-state index contributed by atoms with van der Waals surface area (Å²) in [5, 5.41) is 7.84. The number of likely N-dealkylation sites (tertiary alicyclic amines) is 1. The lowest BCUT2D eigenvalue weighted by Crippen LogP contribution is -2.46. The first-order chi connectivity index (χ1) is 8.67. The maximum Gasteiger partial charge on any atom is 0.321 e. The molecule has 1 aliphatic heterocycles. The molecule has 0 aromatic carbocycles. The first-order valence-corrected chi connectivity index (χ1v) is 6.57. The van der Waals surface area contributed by atoms with E-state index in [1.165, 1.54) is 26.3 Å². The number of imide groups is 1. The van der Waals surface area contributed by atoms with Gasteiger partial charge >= 0.3 is 6.03 Å². The summed E-state index contributed by atoms with van der Waals surface area (Å²) >= 11 is 0. The minimum absolute atomic E-state index is 0.219. The van der Waals surface area contributed by atoms with Gasteiger partial charge in [0.2, 0.25) is 5.91 Å². The number of nitrogens with zero attached hydrogens (tertiary/aromatic N) is 1. The van der Waals surface area contributed by atoms with Crippen LogP contribution in [0.4, 0.5) is 4.79 Å². The molecule has 104 valence electrons. The Morgan fingerprint density at radius 2 is 2.06 bits per heavy atom. The highest BCUT2D eigenvalue weighted by atomic mass is 16.2. The van der Waals surface area contributed by atoms with Crippen LogP contribution < -0.4 is 16.0 Å². The van der Waals surface area contributed by atoms with Gasteiger partial charge in [-0.05, 0) is 26.4 Å². The molecule has 1 unspecified atom stereocenters. The van der Waals surface area contributed by atoms with E-state index in [2.05, 4.69) is 20.9 Å². The van der Waals surface area contributed by atoms with Crippen LogP contribution in [0.15, 0.2) is 0 Å². The number of piperidine rings is 1. The molecule has 6 nitrogen and oxygen atoms in total. The number of urea groups is 1. The van der Waals surface area contributed by atoms with Crippen molar-refractivity contribution in [3.8, 4) is 0 Å². The molecule has 6 heteroatoms. The molecule has 1 atom stereocenters. The predicted molar refractivity (Wildman–Crippen MR) is 70.4 cm³/mol. The van der Waals surface area contributed by atoms with Gasteiger partial charge in [0.05, 0.1) is 0 Å². The quantitative estimate of drug-likeness (QED) is 0.642. The normalized spacial score (nSPS) is 20.4. The third kappa shape index (κ3) is 5.01. The number of hydrogen-bond acceptors (Lipinski definition) is 4. The van der Waals surface area contributed by atoms with Crippen LogP contribution in [0, 0.1) is 0 Å². The van der Waals surface area contributed by atoms with Crippen molar-refractivity contribution in [3.63, 3.8) is 0 Å². The average molecular weight is 256 g/mol. The van der Waals surface area contributed by atoms with Crippen LogP contribution in [0.2, 0.25) is 0 Å². The fraction of sp³-hybridized carbons (Fsp3) is 0.833. The fourth-order valence-electron chi connectivity index (χ4n) is 2.32. The molecule has 3 amide bonds. The van der Waals surface area contributed by atoms with Crippen molar-refractivity contribution in [2.24, 2.45) is 0 Å². The molecule has 1 rings (SSSR count). The molecular weight excluding hydrogens is 232 g/mol. The molecule has 0 aromatic heterocycles. The Hall–Kier alpha value is -1.14. The standard InChI is InChI=1S/C12H24N4O2/c1-13-9-10-5-3-4-7-16(10)8-6-11(17)15-12(18)14-2/h10,13H,3-9H2,1-2H3,(H2,14,15,17,18). The number of carbonyl (C=O) groups is 2. The van der Waals surface area contributed by atoms with Crippen molar-refractivity contribution in [2.75, 3.05) is 33.7 Å². The summed E-state index contributed by atoms with van der Waals surface area (Å²) in [6.45, 7) is 2.71. The first-order valence-electron chi connectivity index (χ1n) is 6.57. The molecule has 0 saturated carbocycles. The van der Waals surface area contributed by atoms with Gasteiger partial charge in [0, 0.05) is 32.6 Å². The molecule has 1 aliphatic rings. The van der Waals surface area contributed by atoms with Crippen LogP contribution in [0.25, 0.3) is 0 Å². The summed E-state index contributed by atoms with van der Waals surface area (Å²) in [5.74, 6) is -0.219. The van der Waals surface area contributed by atoms with Crippen LogP contribution in [0.3, 0.4) is 0 Å². The Kier molecular flexibility index (Phi) is 6.67. The number of amides is 3. The van der Waals surface area contributed by atoms with E-state index in [0.717, 1.165) is 19.6 Å². The largest absolute Gasteiger partial charge is 0.341 e. The number of likely N-dealkylation sites (N-methyl/N-ethyl adjacent to an activating group) is 1. The molecule has 0 radical (unpaired) electrons. The summed E-state index contributed by atoms with van der Waals surface area (Å²) in [4.78, 5) is 24.8. The zero-order valence-corrected chi connectivity index (χ0v) is 11.3. The summed E-state index contributed by atoms with van der Waals surface area (Å²) in [7, 11) is 3.45. The van der Waals surface area contributed by atoms with Gasteiger partial charge < -0.3 is 10.6 Å². The maximum absolute atomic E-state index is 11.5. The molecule has 1 heterocycles. The summed E-state index contributed by atoms with van der Waals surface area (Å²) in [5.41, 5.74) is 0. The van der Waals surface area contributed by atoms with E-state index in [1.807, 2.05) is 7.05 Å². The van der Waals surface area contributed by atoms with Crippen LogP contribution in [-0.4, -0.2) is 56.6 Å². The van der Waals surface area contributed by atoms with E-state index in [9.17, 15) is 9.59 Å². The van der Waals surface area contributed by atoms with Gasteiger partial charge in [-0.25, -0.2) is 4.79 Å². The van der Waals surface area contributed by atoms with Gasteiger partial charge in [-0.3, -0.25) is 15.0 Å². The minimum atomic E-state index is -0.439. The van der Waals surface area contributed by atoms with E-state index >= 15 is 0 Å². The monoisotopic (exact) mass is 256 g/mol. The van der Waals surface area contributed by atoms with Crippen LogP contribution in [0.5, 0.6) is 0 Å². The zero-order valence-electron chi connectivity index (χ0n) is 11.3. The fourth-order valence-corrected chi connectivity index (χ4v) is 2.32. The Balaban J connectivity index is 2.31. The molecule has 0 bridgehead atoms. The number of carbonyl (C=O) groups excluding carboxylic acids is 2. The Morgan fingerprint density at radius 3 is 2.72 bits per heavy atom. The number of rotatable bonds is 5. The van der Waals surface area contributed by atoms with Gasteiger partial charge in [-0.1, -0.05) is 6.42 Å². The van der Waals surface area contributed by atoms with E-state index < -0.39 is 6.03 Å². The Bertz CT molecular complexity index is 281. The topological polar surface area (TPSA) is 73.5 Å². The van der Waals surface area contributed by atoms with E-state index in [1.54, 1.807) is 0 Å². The van der Waals surface area contributed by atoms with E-state index in [0.29, 0.717) is 12.5 Å².